The van der Waals surface area contributed by atoms with Gasteiger partial charge in [0.2, 0.25) is 0 Å². The molecule has 1 N–H and O–H groups in total. The predicted molar refractivity (Wildman–Crippen MR) is 58.7 cm³/mol. The summed E-state index contributed by atoms with van der Waals surface area (Å²) in [5.41, 5.74) is 0.506. The second-order valence-corrected chi connectivity index (χ2v) is 4.62. The fourth-order valence-electron chi connectivity index (χ4n) is 1.10. The number of rotatable bonds is 8. The van der Waals surface area contributed by atoms with E-state index in [-0.39, 0.29) is 19.4 Å². The van der Waals surface area contributed by atoms with Crippen molar-refractivity contribution in [1.82, 2.24) is 4.98 Å². The number of ether oxygens (including phenoxy) is 1. The van der Waals surface area contributed by atoms with Gasteiger partial charge >= 0.3 is 18.3 Å². The highest BCUT2D eigenvalue weighted by Gasteiger charge is 2.40. The Bertz CT molecular complexity index is 425. The Balaban J connectivity index is 2.36. The molecule has 1 rings (SSSR count). The van der Waals surface area contributed by atoms with Gasteiger partial charge in [-0.3, -0.25) is 4.79 Å². The summed E-state index contributed by atoms with van der Waals surface area (Å²) >= 11 is 1.10. The van der Waals surface area contributed by atoms with E-state index in [9.17, 15) is 22.4 Å². The molecule has 0 fully saturated rings. The van der Waals surface area contributed by atoms with Crippen LogP contribution in [-0.2, 0) is 22.6 Å². The molecule has 1 aromatic heterocycles. The number of aromatic nitrogens is 1. The molecule has 0 radical (unpaired) electrons. The average Bonchev–Trinajstić information content (AvgIpc) is 2.74. The molecular formula is C10H11F4NO3S. The van der Waals surface area contributed by atoms with E-state index in [1.54, 1.807) is 5.38 Å². The van der Waals surface area contributed by atoms with Crippen LogP contribution in [0, 0.1) is 0 Å². The molecule has 108 valence electrons. The number of carboxylic acids is 1. The fourth-order valence-corrected chi connectivity index (χ4v) is 1.87. The molecule has 19 heavy (non-hydrogen) atoms. The van der Waals surface area contributed by atoms with Crippen molar-refractivity contribution in [3.63, 3.8) is 0 Å². The van der Waals surface area contributed by atoms with Crippen LogP contribution in [0.5, 0.6) is 0 Å². The van der Waals surface area contributed by atoms with Gasteiger partial charge in [-0.1, -0.05) is 0 Å². The zero-order valence-corrected chi connectivity index (χ0v) is 10.4. The first-order valence-corrected chi connectivity index (χ1v) is 6.08. The first kappa shape index (κ1) is 15.8. The van der Waals surface area contributed by atoms with Gasteiger partial charge in [0.25, 0.3) is 0 Å². The number of halogens is 4. The summed E-state index contributed by atoms with van der Waals surface area (Å²) in [6, 6.07) is 0. The fraction of sp³-hybridized carbons (Fsp3) is 0.600. The minimum atomic E-state index is -4.18. The Kier molecular flexibility index (Phi) is 5.67. The number of carboxylic acid groups (broad SMARTS) is 1. The highest BCUT2D eigenvalue weighted by atomic mass is 32.1. The van der Waals surface area contributed by atoms with Gasteiger partial charge in [-0.05, 0) is 0 Å². The third kappa shape index (κ3) is 5.52. The molecule has 0 spiro atoms. The molecule has 0 unspecified atom stereocenters. The highest BCUT2D eigenvalue weighted by molar-refractivity contribution is 7.09. The number of hydrogen-bond donors (Lipinski definition) is 1. The summed E-state index contributed by atoms with van der Waals surface area (Å²) in [6.07, 6.45) is -3.64. The summed E-state index contributed by atoms with van der Waals surface area (Å²) in [7, 11) is 0. The van der Waals surface area contributed by atoms with Gasteiger partial charge in [-0.15, -0.1) is 11.3 Å². The zero-order valence-electron chi connectivity index (χ0n) is 9.61. The van der Waals surface area contributed by atoms with E-state index in [4.69, 9.17) is 5.11 Å². The molecule has 1 heterocycles. The standard InChI is InChI=1S/C10H11F4NO3S/c11-9(12)10(13,14)5-18-3-7-15-6(4-19-7)1-2-8(16)17/h4,9H,1-3,5H2,(H,16,17). The number of carbonyl (C=O) groups is 1. The van der Waals surface area contributed by atoms with Gasteiger partial charge in [0.05, 0.1) is 18.7 Å². The SMILES string of the molecule is O=C(O)CCc1csc(COCC(F)(F)C(F)F)n1. The number of aliphatic carboxylic acids is 1. The Morgan fingerprint density at radius 3 is 2.79 bits per heavy atom. The third-order valence-electron chi connectivity index (χ3n) is 2.03. The maximum absolute atomic E-state index is 12.5. The van der Waals surface area contributed by atoms with Gasteiger partial charge < -0.3 is 9.84 Å². The van der Waals surface area contributed by atoms with Gasteiger partial charge in [-0.25, -0.2) is 13.8 Å². The molecule has 0 aliphatic rings. The van der Waals surface area contributed by atoms with Crippen LogP contribution in [0.15, 0.2) is 5.38 Å². The average molecular weight is 301 g/mol. The summed E-state index contributed by atoms with van der Waals surface area (Å²) in [5.74, 6) is -5.15. The summed E-state index contributed by atoms with van der Waals surface area (Å²) in [5, 5.41) is 10.4. The van der Waals surface area contributed by atoms with E-state index in [1.165, 1.54) is 0 Å². The maximum Gasteiger partial charge on any atom is 0.330 e. The van der Waals surface area contributed by atoms with E-state index in [2.05, 4.69) is 9.72 Å². The van der Waals surface area contributed by atoms with Gasteiger partial charge in [-0.2, -0.15) is 8.78 Å². The second kappa shape index (κ2) is 6.80. The zero-order chi connectivity index (χ0) is 14.5. The Morgan fingerprint density at radius 1 is 1.53 bits per heavy atom. The van der Waals surface area contributed by atoms with E-state index in [1.807, 2.05) is 0 Å². The smallest absolute Gasteiger partial charge is 0.330 e. The summed E-state index contributed by atoms with van der Waals surface area (Å²) in [6.45, 7) is -1.69. The van der Waals surface area contributed by atoms with E-state index < -0.39 is 24.9 Å². The van der Waals surface area contributed by atoms with Crippen molar-refractivity contribution in [2.45, 2.75) is 31.8 Å². The van der Waals surface area contributed by atoms with Crippen molar-refractivity contribution in [3.8, 4) is 0 Å². The molecule has 0 saturated carbocycles. The lowest BCUT2D eigenvalue weighted by Gasteiger charge is -2.14. The minimum absolute atomic E-state index is 0.0898. The third-order valence-corrected chi connectivity index (χ3v) is 2.90. The molecule has 0 atom stereocenters. The quantitative estimate of drug-likeness (QED) is 0.750. The second-order valence-electron chi connectivity index (χ2n) is 3.68. The van der Waals surface area contributed by atoms with Crippen LogP contribution in [0.25, 0.3) is 0 Å². The lowest BCUT2D eigenvalue weighted by molar-refractivity contribution is -0.168. The van der Waals surface area contributed by atoms with Crippen molar-refractivity contribution in [2.75, 3.05) is 6.61 Å². The van der Waals surface area contributed by atoms with Gasteiger partial charge in [0.15, 0.2) is 0 Å². The topological polar surface area (TPSA) is 59.4 Å². The predicted octanol–water partition coefficient (Wildman–Crippen LogP) is 2.58. The number of alkyl halides is 4. The van der Waals surface area contributed by atoms with E-state index >= 15 is 0 Å². The van der Waals surface area contributed by atoms with Crippen molar-refractivity contribution in [1.29, 1.82) is 0 Å². The Labute approximate surface area is 110 Å². The highest BCUT2D eigenvalue weighted by Crippen LogP contribution is 2.23. The van der Waals surface area contributed by atoms with E-state index in [0.29, 0.717) is 10.7 Å². The maximum atomic E-state index is 12.5. The van der Waals surface area contributed by atoms with Crippen molar-refractivity contribution < 1.29 is 32.2 Å². The molecule has 0 aliphatic heterocycles. The monoisotopic (exact) mass is 301 g/mol. The largest absolute Gasteiger partial charge is 0.481 e. The molecule has 0 amide bonds. The Hall–Kier alpha value is -1.22. The molecule has 0 aromatic carbocycles. The number of thiazole rings is 1. The van der Waals surface area contributed by atoms with Crippen LogP contribution >= 0.6 is 11.3 Å². The van der Waals surface area contributed by atoms with Crippen LogP contribution in [0.4, 0.5) is 17.6 Å². The van der Waals surface area contributed by atoms with Gasteiger partial charge in [0.1, 0.15) is 11.6 Å². The lowest BCUT2D eigenvalue weighted by atomic mass is 10.2. The molecule has 0 aliphatic carbocycles. The molecule has 1 aromatic rings. The normalized spacial score (nSPS) is 12.1. The molecular weight excluding hydrogens is 290 g/mol. The molecule has 0 bridgehead atoms. The van der Waals surface area contributed by atoms with Crippen LogP contribution in [-0.4, -0.2) is 35.0 Å². The number of hydrogen-bond acceptors (Lipinski definition) is 4. The summed E-state index contributed by atoms with van der Waals surface area (Å²) < 4.78 is 53.1. The van der Waals surface area contributed by atoms with Crippen LogP contribution in [0.3, 0.4) is 0 Å². The number of aryl methyl sites for hydroxylation is 1. The first-order valence-electron chi connectivity index (χ1n) is 5.20. The Morgan fingerprint density at radius 2 is 2.21 bits per heavy atom. The van der Waals surface area contributed by atoms with E-state index in [0.717, 1.165) is 11.3 Å². The van der Waals surface area contributed by atoms with Crippen molar-refractivity contribution in [2.24, 2.45) is 0 Å². The molecule has 4 nitrogen and oxygen atoms in total. The first-order chi connectivity index (χ1) is 8.81. The van der Waals surface area contributed by atoms with Crippen molar-refractivity contribution >= 4 is 17.3 Å². The van der Waals surface area contributed by atoms with Crippen molar-refractivity contribution in [3.05, 3.63) is 16.1 Å². The lowest BCUT2D eigenvalue weighted by Crippen LogP contribution is -2.32. The minimum Gasteiger partial charge on any atom is -0.481 e. The van der Waals surface area contributed by atoms with Crippen LogP contribution < -0.4 is 0 Å². The molecule has 9 heteroatoms. The number of nitrogens with zero attached hydrogens (tertiary/aromatic N) is 1. The molecule has 0 saturated heterocycles. The summed E-state index contributed by atoms with van der Waals surface area (Å²) in [4.78, 5) is 14.3. The van der Waals surface area contributed by atoms with Crippen LogP contribution in [0.2, 0.25) is 0 Å². The van der Waals surface area contributed by atoms with Crippen LogP contribution in [0.1, 0.15) is 17.1 Å². The van der Waals surface area contributed by atoms with Gasteiger partial charge in [0, 0.05) is 11.8 Å².